The summed E-state index contributed by atoms with van der Waals surface area (Å²) in [4.78, 5) is 1.26. The number of thioether (sulfide) groups is 1. The molecule has 1 fully saturated rings. The first-order valence-corrected chi connectivity index (χ1v) is 7.83. The van der Waals surface area contributed by atoms with Gasteiger partial charge in [-0.25, -0.2) is 0 Å². The number of halogens is 1. The number of hydrogen-bond acceptors (Lipinski definition) is 3. The molecule has 2 rings (SSSR count). The van der Waals surface area contributed by atoms with Crippen LogP contribution in [0.2, 0.25) is 0 Å². The van der Waals surface area contributed by atoms with E-state index in [2.05, 4.69) is 39.4 Å². The first kappa shape index (κ1) is 13.4. The second kappa shape index (κ2) is 6.78. The lowest BCUT2D eigenvalue weighted by Crippen LogP contribution is -2.15. The van der Waals surface area contributed by atoms with E-state index >= 15 is 0 Å². The van der Waals surface area contributed by atoms with E-state index in [1.807, 2.05) is 0 Å². The zero-order chi connectivity index (χ0) is 12.1. The highest BCUT2D eigenvalue weighted by atomic mass is 79.9. The lowest BCUT2D eigenvalue weighted by Gasteiger charge is -2.08. The monoisotopic (exact) mass is 315 g/mol. The van der Waals surface area contributed by atoms with Crippen molar-refractivity contribution in [3.8, 4) is 0 Å². The SMILES string of the molecule is OCCCSc1ccc(CNC2CC2)c(Br)c1. The molecule has 0 heterocycles. The molecule has 0 aliphatic heterocycles. The fraction of sp³-hybridized carbons (Fsp3) is 0.538. The molecule has 1 aliphatic rings. The van der Waals surface area contributed by atoms with Crippen LogP contribution >= 0.6 is 27.7 Å². The van der Waals surface area contributed by atoms with Crippen molar-refractivity contribution in [2.24, 2.45) is 0 Å². The van der Waals surface area contributed by atoms with Crippen LogP contribution < -0.4 is 5.32 Å². The normalized spacial score (nSPS) is 15.2. The van der Waals surface area contributed by atoms with Crippen LogP contribution in [0.15, 0.2) is 27.6 Å². The molecular formula is C13H18BrNOS. The van der Waals surface area contributed by atoms with Gasteiger partial charge in [0.25, 0.3) is 0 Å². The molecule has 2 N–H and O–H groups in total. The Labute approximate surface area is 115 Å². The first-order valence-electron chi connectivity index (χ1n) is 6.05. The Hall–Kier alpha value is -0.0300. The zero-order valence-corrected chi connectivity index (χ0v) is 12.2. The predicted octanol–water partition coefficient (Wildman–Crippen LogP) is 3.18. The third-order valence-corrected chi connectivity index (χ3v) is 4.57. The zero-order valence-electron chi connectivity index (χ0n) is 9.79. The van der Waals surface area contributed by atoms with Gasteiger partial charge in [-0.3, -0.25) is 0 Å². The van der Waals surface area contributed by atoms with Crippen molar-refractivity contribution >= 4 is 27.7 Å². The number of rotatable bonds is 7. The largest absolute Gasteiger partial charge is 0.396 e. The van der Waals surface area contributed by atoms with E-state index in [1.165, 1.54) is 27.8 Å². The third kappa shape index (κ3) is 4.62. The molecule has 0 aromatic heterocycles. The van der Waals surface area contributed by atoms with Gasteiger partial charge in [0.1, 0.15) is 0 Å². The van der Waals surface area contributed by atoms with Gasteiger partial charge in [0.15, 0.2) is 0 Å². The molecule has 1 aliphatic carbocycles. The van der Waals surface area contributed by atoms with Crippen molar-refractivity contribution in [1.29, 1.82) is 0 Å². The third-order valence-electron chi connectivity index (χ3n) is 2.75. The molecule has 2 nitrogen and oxygen atoms in total. The van der Waals surface area contributed by atoms with Crippen molar-refractivity contribution in [3.05, 3.63) is 28.2 Å². The standard InChI is InChI=1S/C13H18BrNOS/c14-13-8-12(17-7-1-6-16)5-2-10(13)9-15-11-3-4-11/h2,5,8,11,15-16H,1,3-4,6-7,9H2. The highest BCUT2D eigenvalue weighted by molar-refractivity contribution is 9.10. The topological polar surface area (TPSA) is 32.3 Å². The van der Waals surface area contributed by atoms with Gasteiger partial charge in [0.2, 0.25) is 0 Å². The van der Waals surface area contributed by atoms with Crippen LogP contribution in [0.5, 0.6) is 0 Å². The molecule has 17 heavy (non-hydrogen) atoms. The van der Waals surface area contributed by atoms with Crippen molar-refractivity contribution in [3.63, 3.8) is 0 Å². The molecule has 94 valence electrons. The van der Waals surface area contributed by atoms with Crippen LogP contribution in [-0.4, -0.2) is 23.5 Å². The van der Waals surface area contributed by atoms with Gasteiger partial charge >= 0.3 is 0 Å². The van der Waals surface area contributed by atoms with Gasteiger partial charge in [0.05, 0.1) is 0 Å². The molecule has 0 unspecified atom stereocenters. The highest BCUT2D eigenvalue weighted by Crippen LogP contribution is 2.27. The maximum atomic E-state index is 8.74. The Morgan fingerprint density at radius 2 is 2.24 bits per heavy atom. The summed E-state index contributed by atoms with van der Waals surface area (Å²) in [6.45, 7) is 1.23. The summed E-state index contributed by atoms with van der Waals surface area (Å²) >= 11 is 5.42. The summed E-state index contributed by atoms with van der Waals surface area (Å²) in [7, 11) is 0. The van der Waals surface area contributed by atoms with Crippen LogP contribution in [0.25, 0.3) is 0 Å². The van der Waals surface area contributed by atoms with Crippen LogP contribution in [0, 0.1) is 0 Å². The second-order valence-electron chi connectivity index (χ2n) is 4.33. The number of aliphatic hydroxyl groups is 1. The Morgan fingerprint density at radius 1 is 1.41 bits per heavy atom. The fourth-order valence-corrected chi connectivity index (χ4v) is 3.10. The Morgan fingerprint density at radius 3 is 2.88 bits per heavy atom. The minimum atomic E-state index is 0.275. The average Bonchev–Trinajstić information content (AvgIpc) is 3.12. The Balaban J connectivity index is 1.85. The van der Waals surface area contributed by atoms with Crippen LogP contribution in [0.3, 0.4) is 0 Å². The van der Waals surface area contributed by atoms with Crippen LogP contribution in [0.1, 0.15) is 24.8 Å². The molecular weight excluding hydrogens is 298 g/mol. The molecule has 0 bridgehead atoms. The molecule has 0 spiro atoms. The van der Waals surface area contributed by atoms with Crippen molar-refractivity contribution in [1.82, 2.24) is 5.32 Å². The molecule has 1 saturated carbocycles. The van der Waals surface area contributed by atoms with Gasteiger partial charge in [-0.15, -0.1) is 11.8 Å². The Kier molecular flexibility index (Phi) is 5.35. The van der Waals surface area contributed by atoms with Gasteiger partial charge in [-0.2, -0.15) is 0 Å². The molecule has 0 saturated heterocycles. The Bertz CT molecular complexity index is 368. The van der Waals surface area contributed by atoms with Gasteiger partial charge in [0, 0.05) is 34.3 Å². The van der Waals surface area contributed by atoms with Crippen molar-refractivity contribution in [2.75, 3.05) is 12.4 Å². The number of benzene rings is 1. The molecule has 1 aromatic carbocycles. The summed E-state index contributed by atoms with van der Waals surface area (Å²) in [6, 6.07) is 7.27. The fourth-order valence-electron chi connectivity index (χ4n) is 1.56. The van der Waals surface area contributed by atoms with Crippen LogP contribution in [0.4, 0.5) is 0 Å². The minimum Gasteiger partial charge on any atom is -0.396 e. The number of nitrogens with one attached hydrogen (secondary N) is 1. The van der Waals surface area contributed by atoms with E-state index in [4.69, 9.17) is 5.11 Å². The summed E-state index contributed by atoms with van der Waals surface area (Å²) < 4.78 is 1.18. The van der Waals surface area contributed by atoms with Gasteiger partial charge in [-0.1, -0.05) is 22.0 Å². The molecule has 0 amide bonds. The van der Waals surface area contributed by atoms with Crippen molar-refractivity contribution in [2.45, 2.75) is 36.7 Å². The maximum Gasteiger partial charge on any atom is 0.0439 e. The van der Waals surface area contributed by atoms with Gasteiger partial charge < -0.3 is 10.4 Å². The first-order chi connectivity index (χ1) is 8.29. The number of aliphatic hydroxyl groups excluding tert-OH is 1. The van der Waals surface area contributed by atoms with Crippen LogP contribution in [-0.2, 0) is 6.54 Å². The van der Waals surface area contributed by atoms with E-state index in [0.29, 0.717) is 0 Å². The molecule has 4 heteroatoms. The van der Waals surface area contributed by atoms with E-state index in [1.54, 1.807) is 11.8 Å². The van der Waals surface area contributed by atoms with Crippen molar-refractivity contribution < 1.29 is 5.11 Å². The van der Waals surface area contributed by atoms with E-state index < -0.39 is 0 Å². The quantitative estimate of drug-likeness (QED) is 0.599. The van der Waals surface area contributed by atoms with E-state index in [-0.39, 0.29) is 6.61 Å². The number of hydrogen-bond donors (Lipinski definition) is 2. The molecule has 0 radical (unpaired) electrons. The maximum absolute atomic E-state index is 8.74. The second-order valence-corrected chi connectivity index (χ2v) is 6.36. The predicted molar refractivity (Wildman–Crippen MR) is 76.4 cm³/mol. The average molecular weight is 316 g/mol. The van der Waals surface area contributed by atoms with Gasteiger partial charge in [-0.05, 0) is 37.0 Å². The smallest absolute Gasteiger partial charge is 0.0439 e. The van der Waals surface area contributed by atoms with E-state index in [0.717, 1.165) is 24.8 Å². The summed E-state index contributed by atoms with van der Waals surface area (Å²) in [6.07, 6.45) is 3.51. The lowest BCUT2D eigenvalue weighted by molar-refractivity contribution is 0.296. The summed E-state index contributed by atoms with van der Waals surface area (Å²) in [5.74, 6) is 0.975. The summed E-state index contributed by atoms with van der Waals surface area (Å²) in [5.41, 5.74) is 1.32. The summed E-state index contributed by atoms with van der Waals surface area (Å²) in [5, 5.41) is 12.3. The highest BCUT2D eigenvalue weighted by Gasteiger charge is 2.20. The molecule has 0 atom stereocenters. The minimum absolute atomic E-state index is 0.275. The molecule has 1 aromatic rings. The lowest BCUT2D eigenvalue weighted by atomic mass is 10.2. The van der Waals surface area contributed by atoms with E-state index in [9.17, 15) is 0 Å².